The van der Waals surface area contributed by atoms with Crippen LogP contribution < -0.4 is 10.0 Å². The summed E-state index contributed by atoms with van der Waals surface area (Å²) in [6.07, 6.45) is 3.47. The normalized spacial score (nSPS) is 19.1. The number of nitrogens with one attached hydrogen (secondary N) is 2. The summed E-state index contributed by atoms with van der Waals surface area (Å²) in [6, 6.07) is 8.84. The molecule has 1 atom stereocenters. The van der Waals surface area contributed by atoms with Crippen LogP contribution in [0.15, 0.2) is 41.4 Å². The van der Waals surface area contributed by atoms with Gasteiger partial charge in [-0.2, -0.15) is 0 Å². The van der Waals surface area contributed by atoms with Crippen molar-refractivity contribution in [2.75, 3.05) is 13.1 Å². The van der Waals surface area contributed by atoms with Gasteiger partial charge in [0.2, 0.25) is 10.0 Å². The minimum Gasteiger partial charge on any atom is -0.315 e. The molecular formula is C14H18ClN3O2S. The highest BCUT2D eigenvalue weighted by atomic mass is 35.5. The third-order valence-electron chi connectivity index (χ3n) is 3.50. The van der Waals surface area contributed by atoms with Crippen molar-refractivity contribution < 1.29 is 8.42 Å². The summed E-state index contributed by atoms with van der Waals surface area (Å²) >= 11 is 0. The van der Waals surface area contributed by atoms with Gasteiger partial charge in [0.1, 0.15) is 4.90 Å². The Morgan fingerprint density at radius 3 is 2.81 bits per heavy atom. The van der Waals surface area contributed by atoms with Crippen LogP contribution in [0.4, 0.5) is 0 Å². The molecule has 2 aromatic rings. The molecule has 2 N–H and O–H groups in total. The molecule has 0 aliphatic carbocycles. The van der Waals surface area contributed by atoms with Gasteiger partial charge in [0.15, 0.2) is 0 Å². The summed E-state index contributed by atoms with van der Waals surface area (Å²) in [6.45, 7) is 1.63. The van der Waals surface area contributed by atoms with E-state index in [1.165, 1.54) is 0 Å². The van der Waals surface area contributed by atoms with Crippen LogP contribution in [0.25, 0.3) is 10.9 Å². The van der Waals surface area contributed by atoms with E-state index >= 15 is 0 Å². The first-order chi connectivity index (χ1) is 9.67. The topological polar surface area (TPSA) is 71.1 Å². The Morgan fingerprint density at radius 1 is 1.24 bits per heavy atom. The highest BCUT2D eigenvalue weighted by molar-refractivity contribution is 7.89. The number of sulfonamides is 1. The number of halogens is 1. The van der Waals surface area contributed by atoms with E-state index in [-0.39, 0.29) is 23.3 Å². The standard InChI is InChI=1S/C14H17N3O2S.ClH/c18-20(19,17-12-6-3-8-15-10-12)13-7-1-4-11-5-2-9-16-14(11)13;/h1-2,4-5,7,9,12,15,17H,3,6,8,10H2;1H. The number of rotatable bonds is 3. The molecular weight excluding hydrogens is 310 g/mol. The van der Waals surface area contributed by atoms with Gasteiger partial charge in [0, 0.05) is 24.2 Å². The Labute approximate surface area is 130 Å². The zero-order valence-electron chi connectivity index (χ0n) is 11.5. The van der Waals surface area contributed by atoms with Crippen LogP contribution >= 0.6 is 12.4 Å². The van der Waals surface area contributed by atoms with Gasteiger partial charge in [0.25, 0.3) is 0 Å². The first-order valence-electron chi connectivity index (χ1n) is 6.74. The SMILES string of the molecule is Cl.O=S(=O)(NC1CCCNC1)c1cccc2cccnc12. The monoisotopic (exact) mass is 327 g/mol. The van der Waals surface area contributed by atoms with Crippen LogP contribution in [0.2, 0.25) is 0 Å². The number of hydrogen-bond acceptors (Lipinski definition) is 4. The third kappa shape index (κ3) is 3.52. The zero-order valence-corrected chi connectivity index (χ0v) is 13.1. The fourth-order valence-electron chi connectivity index (χ4n) is 2.53. The Kier molecular flexibility index (Phi) is 5.16. The lowest BCUT2D eigenvalue weighted by atomic mass is 10.1. The van der Waals surface area contributed by atoms with E-state index in [0.29, 0.717) is 12.1 Å². The maximum Gasteiger partial charge on any atom is 0.243 e. The first kappa shape index (κ1) is 16.2. The van der Waals surface area contributed by atoms with Crippen molar-refractivity contribution in [3.63, 3.8) is 0 Å². The van der Waals surface area contributed by atoms with Gasteiger partial charge in [-0.05, 0) is 31.5 Å². The fraction of sp³-hybridized carbons (Fsp3) is 0.357. The number of piperidine rings is 1. The molecule has 3 rings (SSSR count). The molecule has 0 spiro atoms. The van der Waals surface area contributed by atoms with Crippen LogP contribution in [0.1, 0.15) is 12.8 Å². The van der Waals surface area contributed by atoms with E-state index in [9.17, 15) is 8.42 Å². The van der Waals surface area contributed by atoms with Gasteiger partial charge in [-0.15, -0.1) is 12.4 Å². The molecule has 5 nitrogen and oxygen atoms in total. The quantitative estimate of drug-likeness (QED) is 0.900. The summed E-state index contributed by atoms with van der Waals surface area (Å²) in [5.74, 6) is 0. The average Bonchev–Trinajstić information content (AvgIpc) is 2.47. The van der Waals surface area contributed by atoms with E-state index in [1.807, 2.05) is 12.1 Å². The van der Waals surface area contributed by atoms with Crippen molar-refractivity contribution in [1.29, 1.82) is 0 Å². The van der Waals surface area contributed by atoms with Crippen LogP contribution in [0.3, 0.4) is 0 Å². The minimum absolute atomic E-state index is 0. The van der Waals surface area contributed by atoms with E-state index in [0.717, 1.165) is 24.8 Å². The van der Waals surface area contributed by atoms with Gasteiger partial charge in [0.05, 0.1) is 5.52 Å². The Hall–Kier alpha value is -1.21. The number of pyridine rings is 1. The minimum atomic E-state index is -3.54. The molecule has 1 fully saturated rings. The molecule has 0 radical (unpaired) electrons. The predicted octanol–water partition coefficient (Wildman–Crippen LogP) is 1.69. The number of hydrogen-bond donors (Lipinski definition) is 2. The molecule has 1 aliphatic heterocycles. The average molecular weight is 328 g/mol. The number of fused-ring (bicyclic) bond motifs is 1. The molecule has 7 heteroatoms. The zero-order chi connectivity index (χ0) is 14.0. The van der Waals surface area contributed by atoms with Crippen LogP contribution in [-0.4, -0.2) is 32.5 Å². The number of nitrogens with zero attached hydrogens (tertiary/aromatic N) is 1. The smallest absolute Gasteiger partial charge is 0.243 e. The molecule has 1 aromatic carbocycles. The van der Waals surface area contributed by atoms with Crippen molar-refractivity contribution in [2.24, 2.45) is 0 Å². The first-order valence-corrected chi connectivity index (χ1v) is 8.22. The Bertz CT molecular complexity index is 710. The molecule has 114 valence electrons. The highest BCUT2D eigenvalue weighted by Crippen LogP contribution is 2.21. The summed E-state index contributed by atoms with van der Waals surface area (Å²) < 4.78 is 27.8. The van der Waals surface area contributed by atoms with Crippen LogP contribution in [0.5, 0.6) is 0 Å². The number of benzene rings is 1. The van der Waals surface area contributed by atoms with Gasteiger partial charge >= 0.3 is 0 Å². The maximum atomic E-state index is 12.5. The van der Waals surface area contributed by atoms with E-state index in [1.54, 1.807) is 24.4 Å². The second-order valence-corrected chi connectivity index (χ2v) is 6.68. The summed E-state index contributed by atoms with van der Waals surface area (Å²) in [5.41, 5.74) is 0.520. The molecule has 0 amide bonds. The molecule has 21 heavy (non-hydrogen) atoms. The lowest BCUT2D eigenvalue weighted by Crippen LogP contribution is -2.45. The molecule has 1 unspecified atom stereocenters. The Balaban J connectivity index is 0.00000161. The fourth-order valence-corrected chi connectivity index (χ4v) is 3.98. The molecule has 0 saturated carbocycles. The largest absolute Gasteiger partial charge is 0.315 e. The molecule has 0 bridgehead atoms. The van der Waals surface area contributed by atoms with E-state index in [2.05, 4.69) is 15.0 Å². The summed E-state index contributed by atoms with van der Waals surface area (Å²) in [7, 11) is -3.54. The number of aromatic nitrogens is 1. The van der Waals surface area contributed by atoms with Crippen LogP contribution in [-0.2, 0) is 10.0 Å². The second-order valence-electron chi connectivity index (χ2n) is 5.00. The molecule has 1 aliphatic rings. The molecule has 2 heterocycles. The van der Waals surface area contributed by atoms with Crippen molar-refractivity contribution in [1.82, 2.24) is 15.0 Å². The van der Waals surface area contributed by atoms with Crippen molar-refractivity contribution in [2.45, 2.75) is 23.8 Å². The van der Waals surface area contributed by atoms with Crippen molar-refractivity contribution >= 4 is 33.3 Å². The lowest BCUT2D eigenvalue weighted by Gasteiger charge is -2.23. The van der Waals surface area contributed by atoms with E-state index < -0.39 is 10.0 Å². The molecule has 1 saturated heterocycles. The van der Waals surface area contributed by atoms with Gasteiger partial charge in [-0.25, -0.2) is 13.1 Å². The van der Waals surface area contributed by atoms with Gasteiger partial charge < -0.3 is 5.32 Å². The van der Waals surface area contributed by atoms with Crippen LogP contribution in [0, 0.1) is 0 Å². The lowest BCUT2D eigenvalue weighted by molar-refractivity contribution is 0.429. The molecule has 1 aromatic heterocycles. The second kappa shape index (κ2) is 6.70. The summed E-state index contributed by atoms with van der Waals surface area (Å²) in [5, 5.41) is 4.03. The van der Waals surface area contributed by atoms with Crippen molar-refractivity contribution in [3.05, 3.63) is 36.5 Å². The maximum absolute atomic E-state index is 12.5. The van der Waals surface area contributed by atoms with Gasteiger partial charge in [-0.1, -0.05) is 18.2 Å². The summed E-state index contributed by atoms with van der Waals surface area (Å²) in [4.78, 5) is 4.46. The predicted molar refractivity (Wildman–Crippen MR) is 85.2 cm³/mol. The van der Waals surface area contributed by atoms with Gasteiger partial charge in [-0.3, -0.25) is 4.98 Å². The number of para-hydroxylation sites is 1. The van der Waals surface area contributed by atoms with Crippen molar-refractivity contribution in [3.8, 4) is 0 Å². The van der Waals surface area contributed by atoms with E-state index in [4.69, 9.17) is 0 Å². The highest BCUT2D eigenvalue weighted by Gasteiger charge is 2.23. The Morgan fingerprint density at radius 2 is 2.05 bits per heavy atom. The third-order valence-corrected chi connectivity index (χ3v) is 5.06.